The summed E-state index contributed by atoms with van der Waals surface area (Å²) in [6.07, 6.45) is 0. The highest BCUT2D eigenvalue weighted by Crippen LogP contribution is 2.17. The molecule has 2 amide bonds. The molecule has 0 fully saturated rings. The van der Waals surface area contributed by atoms with E-state index in [0.717, 1.165) is 11.3 Å². The van der Waals surface area contributed by atoms with Crippen LogP contribution in [-0.2, 0) is 21.9 Å². The van der Waals surface area contributed by atoms with Crippen molar-refractivity contribution in [3.8, 4) is 0 Å². The van der Waals surface area contributed by atoms with E-state index in [2.05, 4.69) is 11.4 Å². The number of thioether (sulfide) groups is 1. The SMILES string of the molecule is Cc1cccc(CSCC(=O)N(Cc2ccc(F)cc2)[C@@H](C)C(=O)NC(C)C)c1. The smallest absolute Gasteiger partial charge is 0.242 e. The minimum absolute atomic E-state index is 0.0107. The molecule has 0 saturated carbocycles. The Morgan fingerprint density at radius 3 is 2.38 bits per heavy atom. The molecule has 6 heteroatoms. The Labute approximate surface area is 176 Å². The van der Waals surface area contributed by atoms with E-state index >= 15 is 0 Å². The molecule has 0 saturated heterocycles. The van der Waals surface area contributed by atoms with E-state index in [0.29, 0.717) is 0 Å². The Morgan fingerprint density at radius 1 is 1.07 bits per heavy atom. The molecule has 0 bridgehead atoms. The molecule has 0 aliphatic rings. The van der Waals surface area contributed by atoms with Crippen LogP contribution < -0.4 is 5.32 Å². The molecular formula is C23H29FN2O2S. The number of benzene rings is 2. The van der Waals surface area contributed by atoms with Gasteiger partial charge in [-0.2, -0.15) is 0 Å². The molecule has 29 heavy (non-hydrogen) atoms. The number of amides is 2. The maximum absolute atomic E-state index is 13.2. The third-order valence-corrected chi connectivity index (χ3v) is 5.43. The van der Waals surface area contributed by atoms with Crippen LogP contribution in [-0.4, -0.2) is 34.6 Å². The molecule has 2 rings (SSSR count). The highest BCUT2D eigenvalue weighted by atomic mass is 32.2. The molecule has 1 atom stereocenters. The number of nitrogens with zero attached hydrogens (tertiary/aromatic N) is 1. The van der Waals surface area contributed by atoms with Crippen molar-refractivity contribution in [2.75, 3.05) is 5.75 Å². The summed E-state index contributed by atoms with van der Waals surface area (Å²) in [5.74, 6) is 0.363. The van der Waals surface area contributed by atoms with Gasteiger partial charge in [-0.15, -0.1) is 11.8 Å². The summed E-state index contributed by atoms with van der Waals surface area (Å²) in [5.41, 5.74) is 3.14. The number of nitrogens with one attached hydrogen (secondary N) is 1. The lowest BCUT2D eigenvalue weighted by atomic mass is 10.1. The average Bonchev–Trinajstić information content (AvgIpc) is 2.66. The van der Waals surface area contributed by atoms with Gasteiger partial charge in [0, 0.05) is 18.3 Å². The molecule has 0 radical (unpaired) electrons. The molecule has 0 heterocycles. The predicted molar refractivity (Wildman–Crippen MR) is 117 cm³/mol. The van der Waals surface area contributed by atoms with Crippen LogP contribution >= 0.6 is 11.8 Å². The van der Waals surface area contributed by atoms with E-state index in [9.17, 15) is 14.0 Å². The predicted octanol–water partition coefficient (Wildman–Crippen LogP) is 4.31. The number of hydrogen-bond acceptors (Lipinski definition) is 3. The average molecular weight is 417 g/mol. The van der Waals surface area contributed by atoms with Gasteiger partial charge in [0.15, 0.2) is 0 Å². The molecule has 0 spiro atoms. The Hall–Kier alpha value is -2.34. The first-order chi connectivity index (χ1) is 13.8. The molecule has 1 N–H and O–H groups in total. The summed E-state index contributed by atoms with van der Waals surface area (Å²) in [6.45, 7) is 7.79. The third kappa shape index (κ3) is 7.54. The van der Waals surface area contributed by atoms with Crippen LogP contribution in [0.25, 0.3) is 0 Å². The van der Waals surface area contributed by atoms with Gasteiger partial charge in [0.05, 0.1) is 5.75 Å². The van der Waals surface area contributed by atoms with E-state index in [1.54, 1.807) is 24.0 Å². The minimum Gasteiger partial charge on any atom is -0.352 e. The van der Waals surface area contributed by atoms with Gasteiger partial charge in [-0.3, -0.25) is 9.59 Å². The summed E-state index contributed by atoms with van der Waals surface area (Å²) in [7, 11) is 0. The summed E-state index contributed by atoms with van der Waals surface area (Å²) in [4.78, 5) is 27.0. The van der Waals surface area contributed by atoms with Crippen molar-refractivity contribution in [1.82, 2.24) is 10.2 Å². The van der Waals surface area contributed by atoms with Crippen molar-refractivity contribution in [2.45, 2.75) is 52.1 Å². The number of rotatable bonds is 9. The Morgan fingerprint density at radius 2 is 1.76 bits per heavy atom. The van der Waals surface area contributed by atoms with Crippen molar-refractivity contribution in [3.63, 3.8) is 0 Å². The van der Waals surface area contributed by atoms with Crippen molar-refractivity contribution < 1.29 is 14.0 Å². The van der Waals surface area contributed by atoms with Crippen LogP contribution in [0.3, 0.4) is 0 Å². The molecule has 156 valence electrons. The summed E-state index contributed by atoms with van der Waals surface area (Å²) in [6, 6.07) is 13.6. The fourth-order valence-corrected chi connectivity index (χ4v) is 3.77. The van der Waals surface area contributed by atoms with Gasteiger partial charge in [-0.1, -0.05) is 42.0 Å². The minimum atomic E-state index is -0.616. The van der Waals surface area contributed by atoms with Gasteiger partial charge < -0.3 is 10.2 Å². The Kier molecular flexibility index (Phi) is 8.70. The molecular weight excluding hydrogens is 387 g/mol. The second kappa shape index (κ2) is 11.0. The third-order valence-electron chi connectivity index (χ3n) is 4.44. The van der Waals surface area contributed by atoms with E-state index in [-0.39, 0.29) is 36.0 Å². The molecule has 4 nitrogen and oxygen atoms in total. The summed E-state index contributed by atoms with van der Waals surface area (Å²) in [5, 5.41) is 2.86. The van der Waals surface area contributed by atoms with Crippen molar-refractivity contribution in [2.24, 2.45) is 0 Å². The highest BCUT2D eigenvalue weighted by molar-refractivity contribution is 7.99. The second-order valence-electron chi connectivity index (χ2n) is 7.47. The number of halogens is 1. The summed E-state index contributed by atoms with van der Waals surface area (Å²) < 4.78 is 13.2. The number of carbonyl (C=O) groups is 2. The van der Waals surface area contributed by atoms with Gasteiger partial charge in [0.25, 0.3) is 0 Å². The lowest BCUT2D eigenvalue weighted by molar-refractivity contribution is -0.138. The fraction of sp³-hybridized carbons (Fsp3) is 0.391. The van der Waals surface area contributed by atoms with Crippen LogP contribution in [0.1, 0.15) is 37.5 Å². The maximum Gasteiger partial charge on any atom is 0.242 e. The van der Waals surface area contributed by atoms with Gasteiger partial charge in [-0.05, 0) is 51.0 Å². The molecule has 2 aromatic carbocycles. The van der Waals surface area contributed by atoms with E-state index < -0.39 is 6.04 Å². The van der Waals surface area contributed by atoms with Crippen LogP contribution in [0.4, 0.5) is 4.39 Å². The maximum atomic E-state index is 13.2. The lowest BCUT2D eigenvalue weighted by Gasteiger charge is -2.29. The van der Waals surface area contributed by atoms with Crippen LogP contribution in [0.5, 0.6) is 0 Å². The highest BCUT2D eigenvalue weighted by Gasteiger charge is 2.26. The van der Waals surface area contributed by atoms with E-state index in [1.165, 1.54) is 35.0 Å². The lowest BCUT2D eigenvalue weighted by Crippen LogP contribution is -2.49. The number of aryl methyl sites for hydroxylation is 1. The van der Waals surface area contributed by atoms with Gasteiger partial charge in [0.1, 0.15) is 11.9 Å². The zero-order valence-electron chi connectivity index (χ0n) is 17.4. The molecule has 0 aliphatic carbocycles. The Bertz CT molecular complexity index is 824. The first kappa shape index (κ1) is 22.9. The summed E-state index contributed by atoms with van der Waals surface area (Å²) >= 11 is 1.52. The normalized spacial score (nSPS) is 11.9. The quantitative estimate of drug-likeness (QED) is 0.663. The molecule has 0 aliphatic heterocycles. The van der Waals surface area contributed by atoms with Gasteiger partial charge in [0.2, 0.25) is 11.8 Å². The standard InChI is InChI=1S/C23H29FN2O2S/c1-16(2)25-23(28)18(4)26(13-19-8-10-21(24)11-9-19)22(27)15-29-14-20-7-5-6-17(3)12-20/h5-12,16,18H,13-15H2,1-4H3,(H,25,28)/t18-/m0/s1. The van der Waals surface area contributed by atoms with Crippen LogP contribution in [0.2, 0.25) is 0 Å². The number of carbonyl (C=O) groups excluding carboxylic acids is 2. The van der Waals surface area contributed by atoms with Crippen LogP contribution in [0.15, 0.2) is 48.5 Å². The first-order valence-electron chi connectivity index (χ1n) is 9.74. The van der Waals surface area contributed by atoms with Gasteiger partial charge >= 0.3 is 0 Å². The molecule has 0 aromatic heterocycles. The van der Waals surface area contributed by atoms with Crippen LogP contribution in [0, 0.1) is 12.7 Å². The van der Waals surface area contributed by atoms with E-state index in [4.69, 9.17) is 0 Å². The second-order valence-corrected chi connectivity index (χ2v) is 8.45. The molecule has 0 unspecified atom stereocenters. The molecule has 2 aromatic rings. The van der Waals surface area contributed by atoms with Crippen molar-refractivity contribution in [3.05, 3.63) is 71.0 Å². The zero-order chi connectivity index (χ0) is 21.4. The first-order valence-corrected chi connectivity index (χ1v) is 10.9. The van der Waals surface area contributed by atoms with Gasteiger partial charge in [-0.25, -0.2) is 4.39 Å². The number of hydrogen-bond donors (Lipinski definition) is 1. The largest absolute Gasteiger partial charge is 0.352 e. The Balaban J connectivity index is 2.06. The fourth-order valence-electron chi connectivity index (χ4n) is 2.92. The topological polar surface area (TPSA) is 49.4 Å². The van der Waals surface area contributed by atoms with Crippen molar-refractivity contribution in [1.29, 1.82) is 0 Å². The van der Waals surface area contributed by atoms with Crippen molar-refractivity contribution >= 4 is 23.6 Å². The van der Waals surface area contributed by atoms with E-state index in [1.807, 2.05) is 39.0 Å². The monoisotopic (exact) mass is 416 g/mol. The zero-order valence-corrected chi connectivity index (χ0v) is 18.3.